The van der Waals surface area contributed by atoms with Gasteiger partial charge in [-0.25, -0.2) is 0 Å². The molecule has 7 nitrogen and oxygen atoms in total. The maximum absolute atomic E-state index is 12.3. The first kappa shape index (κ1) is 14.2. The van der Waals surface area contributed by atoms with Gasteiger partial charge in [0.2, 0.25) is 5.82 Å². The molecule has 2 fully saturated rings. The summed E-state index contributed by atoms with van der Waals surface area (Å²) in [7, 11) is 0. The smallest absolute Gasteiger partial charge is 0.289 e. The molecule has 0 bridgehead atoms. The number of likely N-dealkylation sites (tertiary alicyclic amines) is 1. The van der Waals surface area contributed by atoms with Gasteiger partial charge in [0, 0.05) is 32.1 Å². The molecule has 0 radical (unpaired) electrons. The standard InChI is InChI=1S/C17H21N5O2/c23-17(18-13-3-4-13)16-20-19-15-6-11-7-21(8-12(11)9-22(15)16)10-14-2-1-5-24-14/h1-2,5,11-13H,3-4,6-10H2,(H,18,23)/t11-,12+/m0/s1. The molecule has 2 aromatic heterocycles. The molecule has 2 aromatic rings. The summed E-state index contributed by atoms with van der Waals surface area (Å²) in [6.07, 6.45) is 4.80. The zero-order chi connectivity index (χ0) is 16.1. The van der Waals surface area contributed by atoms with E-state index in [1.54, 1.807) is 6.26 Å². The minimum Gasteiger partial charge on any atom is -0.468 e. The van der Waals surface area contributed by atoms with Gasteiger partial charge in [-0.2, -0.15) is 0 Å². The number of nitrogens with zero attached hydrogens (tertiary/aromatic N) is 4. The number of rotatable bonds is 4. The van der Waals surface area contributed by atoms with Gasteiger partial charge < -0.3 is 14.3 Å². The molecule has 5 rings (SSSR count). The summed E-state index contributed by atoms with van der Waals surface area (Å²) in [5.41, 5.74) is 0. The Hall–Kier alpha value is -2.15. The number of nitrogens with one attached hydrogen (secondary N) is 1. The summed E-state index contributed by atoms with van der Waals surface area (Å²) >= 11 is 0. The van der Waals surface area contributed by atoms with Crippen molar-refractivity contribution in [2.24, 2.45) is 11.8 Å². The van der Waals surface area contributed by atoms with Crippen LogP contribution in [0.2, 0.25) is 0 Å². The van der Waals surface area contributed by atoms with Gasteiger partial charge >= 0.3 is 0 Å². The zero-order valence-electron chi connectivity index (χ0n) is 13.5. The SMILES string of the molecule is O=C(NC1CC1)c1nnc2n1C[C@H]1CN(Cc3ccco3)C[C@@H]1C2. The van der Waals surface area contributed by atoms with E-state index >= 15 is 0 Å². The maximum atomic E-state index is 12.3. The number of hydrogen-bond donors (Lipinski definition) is 1. The fraction of sp³-hybridized carbons (Fsp3) is 0.588. The normalized spacial score (nSPS) is 26.2. The highest BCUT2D eigenvalue weighted by atomic mass is 16.3. The summed E-state index contributed by atoms with van der Waals surface area (Å²) in [4.78, 5) is 14.8. The molecule has 1 amide bonds. The second kappa shape index (κ2) is 5.44. The van der Waals surface area contributed by atoms with Crippen LogP contribution in [0.4, 0.5) is 0 Å². The topological polar surface area (TPSA) is 76.2 Å². The lowest BCUT2D eigenvalue weighted by molar-refractivity contribution is 0.0932. The second-order valence-electron chi connectivity index (χ2n) is 7.30. The van der Waals surface area contributed by atoms with Crippen molar-refractivity contribution < 1.29 is 9.21 Å². The van der Waals surface area contributed by atoms with Crippen LogP contribution in [-0.2, 0) is 19.5 Å². The third-order valence-electron chi connectivity index (χ3n) is 5.42. The summed E-state index contributed by atoms with van der Waals surface area (Å²) in [5, 5.41) is 11.5. The number of fused-ring (bicyclic) bond motifs is 2. The molecule has 1 N–H and O–H groups in total. The Labute approximate surface area is 140 Å². The molecule has 0 aromatic carbocycles. The van der Waals surface area contributed by atoms with Gasteiger partial charge in [0.25, 0.3) is 5.91 Å². The monoisotopic (exact) mass is 327 g/mol. The van der Waals surface area contributed by atoms with Crippen molar-refractivity contribution in [2.75, 3.05) is 13.1 Å². The molecule has 2 aliphatic heterocycles. The Morgan fingerprint density at radius 2 is 2.12 bits per heavy atom. The number of carbonyl (C=O) groups is 1. The Kier molecular flexibility index (Phi) is 3.22. The molecular weight excluding hydrogens is 306 g/mol. The molecule has 1 aliphatic carbocycles. The van der Waals surface area contributed by atoms with Gasteiger partial charge in [0.15, 0.2) is 0 Å². The van der Waals surface area contributed by atoms with E-state index in [1.807, 2.05) is 16.7 Å². The van der Waals surface area contributed by atoms with Crippen LogP contribution in [0.15, 0.2) is 22.8 Å². The quantitative estimate of drug-likeness (QED) is 0.909. The van der Waals surface area contributed by atoms with Crippen LogP contribution < -0.4 is 5.32 Å². The van der Waals surface area contributed by atoms with Crippen molar-refractivity contribution in [3.8, 4) is 0 Å². The van der Waals surface area contributed by atoms with Crippen molar-refractivity contribution in [1.82, 2.24) is 25.0 Å². The highest BCUT2D eigenvalue weighted by molar-refractivity contribution is 5.91. The molecule has 1 saturated heterocycles. The van der Waals surface area contributed by atoms with Crippen LogP contribution in [0.3, 0.4) is 0 Å². The molecule has 1 saturated carbocycles. The Morgan fingerprint density at radius 1 is 1.25 bits per heavy atom. The summed E-state index contributed by atoms with van der Waals surface area (Å²) in [6, 6.07) is 4.30. The van der Waals surface area contributed by atoms with Gasteiger partial charge in [-0.05, 0) is 36.8 Å². The number of aromatic nitrogens is 3. The average Bonchev–Trinajstić information content (AvgIpc) is 2.99. The predicted octanol–water partition coefficient (Wildman–Crippen LogP) is 1.07. The van der Waals surface area contributed by atoms with Gasteiger partial charge in [-0.3, -0.25) is 9.69 Å². The molecule has 7 heteroatoms. The van der Waals surface area contributed by atoms with Crippen LogP contribution >= 0.6 is 0 Å². The average molecular weight is 327 g/mol. The van der Waals surface area contributed by atoms with Crippen molar-refractivity contribution >= 4 is 5.91 Å². The molecule has 24 heavy (non-hydrogen) atoms. The van der Waals surface area contributed by atoms with E-state index < -0.39 is 0 Å². The number of amides is 1. The third-order valence-corrected chi connectivity index (χ3v) is 5.42. The van der Waals surface area contributed by atoms with E-state index in [2.05, 4.69) is 20.4 Å². The Balaban J connectivity index is 1.30. The van der Waals surface area contributed by atoms with Crippen molar-refractivity contribution in [2.45, 2.75) is 38.4 Å². The lowest BCUT2D eigenvalue weighted by atomic mass is 9.89. The van der Waals surface area contributed by atoms with Crippen LogP contribution in [-0.4, -0.2) is 44.7 Å². The van der Waals surface area contributed by atoms with Crippen LogP contribution in [0.5, 0.6) is 0 Å². The Bertz CT molecular complexity index is 749. The predicted molar refractivity (Wildman–Crippen MR) is 85.2 cm³/mol. The van der Waals surface area contributed by atoms with Gasteiger partial charge in [0.1, 0.15) is 11.6 Å². The summed E-state index contributed by atoms with van der Waals surface area (Å²) in [5.74, 6) is 3.53. The fourth-order valence-corrected chi connectivity index (χ4v) is 4.02. The molecule has 0 spiro atoms. The van der Waals surface area contributed by atoms with E-state index in [9.17, 15) is 4.79 Å². The first-order valence-corrected chi connectivity index (χ1v) is 8.74. The number of furan rings is 1. The minimum absolute atomic E-state index is 0.0693. The highest BCUT2D eigenvalue weighted by Crippen LogP contribution is 2.33. The van der Waals surface area contributed by atoms with Crippen molar-refractivity contribution in [1.29, 1.82) is 0 Å². The van der Waals surface area contributed by atoms with E-state index in [1.165, 1.54) is 0 Å². The van der Waals surface area contributed by atoms with E-state index in [4.69, 9.17) is 4.42 Å². The number of carbonyl (C=O) groups excluding carboxylic acids is 1. The van der Waals surface area contributed by atoms with E-state index in [0.29, 0.717) is 23.7 Å². The molecule has 126 valence electrons. The van der Waals surface area contributed by atoms with Crippen molar-refractivity contribution in [3.63, 3.8) is 0 Å². The van der Waals surface area contributed by atoms with Gasteiger partial charge in [-0.15, -0.1) is 10.2 Å². The second-order valence-corrected chi connectivity index (χ2v) is 7.30. The first-order chi connectivity index (χ1) is 11.8. The zero-order valence-corrected chi connectivity index (χ0v) is 13.5. The molecule has 4 heterocycles. The summed E-state index contributed by atoms with van der Waals surface area (Å²) < 4.78 is 7.50. The van der Waals surface area contributed by atoms with E-state index in [0.717, 1.165) is 57.0 Å². The Morgan fingerprint density at radius 3 is 2.92 bits per heavy atom. The van der Waals surface area contributed by atoms with Crippen molar-refractivity contribution in [3.05, 3.63) is 35.8 Å². The van der Waals surface area contributed by atoms with Gasteiger partial charge in [-0.1, -0.05) is 0 Å². The molecule has 0 unspecified atom stereocenters. The molecular formula is C17H21N5O2. The fourth-order valence-electron chi connectivity index (χ4n) is 4.02. The maximum Gasteiger partial charge on any atom is 0.289 e. The van der Waals surface area contributed by atoms with Crippen LogP contribution in [0, 0.1) is 11.8 Å². The van der Waals surface area contributed by atoms with E-state index in [-0.39, 0.29) is 5.91 Å². The minimum atomic E-state index is -0.0693. The van der Waals surface area contributed by atoms with Crippen LogP contribution in [0.1, 0.15) is 35.0 Å². The summed E-state index contributed by atoms with van der Waals surface area (Å²) in [6.45, 7) is 3.79. The third kappa shape index (κ3) is 2.53. The first-order valence-electron chi connectivity index (χ1n) is 8.74. The largest absolute Gasteiger partial charge is 0.468 e. The lowest BCUT2D eigenvalue weighted by Crippen LogP contribution is -2.33. The number of hydrogen-bond acceptors (Lipinski definition) is 5. The highest BCUT2D eigenvalue weighted by Gasteiger charge is 2.39. The molecule has 2 atom stereocenters. The molecule has 3 aliphatic rings. The lowest BCUT2D eigenvalue weighted by Gasteiger charge is -2.25. The van der Waals surface area contributed by atoms with Gasteiger partial charge in [0.05, 0.1) is 12.8 Å². The van der Waals surface area contributed by atoms with Crippen LogP contribution in [0.25, 0.3) is 0 Å².